The SMILES string of the molecule is COC(=O)C1CC(=O)N(OCc2ccccc2)C12CCN(Cc1nc(-c3ccccc3)cs1)CC2. The van der Waals surface area contributed by atoms with Crippen LogP contribution in [-0.4, -0.2) is 52.6 Å². The molecular formula is C27H29N3O4S. The quantitative estimate of drug-likeness (QED) is 0.459. The Morgan fingerprint density at radius 2 is 1.77 bits per heavy atom. The maximum Gasteiger partial charge on any atom is 0.311 e. The molecule has 182 valence electrons. The van der Waals surface area contributed by atoms with Gasteiger partial charge < -0.3 is 4.74 Å². The number of hydrogen-bond acceptors (Lipinski definition) is 7. The topological polar surface area (TPSA) is 72.0 Å². The number of likely N-dealkylation sites (tertiary alicyclic amines) is 1. The molecule has 1 aromatic heterocycles. The van der Waals surface area contributed by atoms with Gasteiger partial charge in [0, 0.05) is 30.5 Å². The van der Waals surface area contributed by atoms with Crippen LogP contribution in [0.1, 0.15) is 29.8 Å². The Labute approximate surface area is 209 Å². The highest BCUT2D eigenvalue weighted by Crippen LogP contribution is 2.45. The Hall–Kier alpha value is -3.07. The summed E-state index contributed by atoms with van der Waals surface area (Å²) in [4.78, 5) is 38.9. The molecular weight excluding hydrogens is 462 g/mol. The maximum absolute atomic E-state index is 13.0. The summed E-state index contributed by atoms with van der Waals surface area (Å²) in [6, 6.07) is 19.9. The molecule has 2 fully saturated rings. The van der Waals surface area contributed by atoms with Crippen molar-refractivity contribution in [1.82, 2.24) is 14.9 Å². The summed E-state index contributed by atoms with van der Waals surface area (Å²) in [6.45, 7) is 2.51. The van der Waals surface area contributed by atoms with Crippen LogP contribution in [0.25, 0.3) is 11.3 Å². The summed E-state index contributed by atoms with van der Waals surface area (Å²) >= 11 is 1.66. The van der Waals surface area contributed by atoms with Crippen molar-refractivity contribution in [2.45, 2.75) is 38.0 Å². The molecule has 7 nitrogen and oxygen atoms in total. The van der Waals surface area contributed by atoms with E-state index < -0.39 is 11.5 Å². The zero-order valence-corrected chi connectivity index (χ0v) is 20.6. The van der Waals surface area contributed by atoms with Gasteiger partial charge >= 0.3 is 5.97 Å². The lowest BCUT2D eigenvalue weighted by molar-refractivity contribution is -0.229. The molecule has 8 heteroatoms. The largest absolute Gasteiger partial charge is 0.469 e. The minimum absolute atomic E-state index is 0.119. The van der Waals surface area contributed by atoms with Crippen LogP contribution < -0.4 is 0 Å². The van der Waals surface area contributed by atoms with Gasteiger partial charge in [-0.15, -0.1) is 11.3 Å². The van der Waals surface area contributed by atoms with E-state index in [4.69, 9.17) is 14.6 Å². The molecule has 2 aromatic carbocycles. The molecule has 35 heavy (non-hydrogen) atoms. The van der Waals surface area contributed by atoms with Gasteiger partial charge in [0.2, 0.25) is 5.91 Å². The van der Waals surface area contributed by atoms with Gasteiger partial charge in [0.25, 0.3) is 0 Å². The number of methoxy groups -OCH3 is 1. The molecule has 0 aliphatic carbocycles. The van der Waals surface area contributed by atoms with Crippen LogP contribution >= 0.6 is 11.3 Å². The number of thiazole rings is 1. The molecule has 2 aliphatic rings. The smallest absolute Gasteiger partial charge is 0.311 e. The fourth-order valence-corrected chi connectivity index (χ4v) is 6.01. The first-order chi connectivity index (χ1) is 17.1. The van der Waals surface area contributed by atoms with Crippen molar-refractivity contribution in [2.75, 3.05) is 20.2 Å². The van der Waals surface area contributed by atoms with E-state index in [1.54, 1.807) is 11.3 Å². The zero-order chi connectivity index (χ0) is 24.3. The molecule has 1 amide bonds. The molecule has 2 saturated heterocycles. The molecule has 5 rings (SSSR count). The molecule has 2 aliphatic heterocycles. The summed E-state index contributed by atoms with van der Waals surface area (Å²) in [5.41, 5.74) is 2.40. The Morgan fingerprint density at radius 1 is 1.09 bits per heavy atom. The Morgan fingerprint density at radius 3 is 2.46 bits per heavy atom. The summed E-state index contributed by atoms with van der Waals surface area (Å²) in [5, 5.41) is 4.65. The number of ether oxygens (including phenoxy) is 1. The number of hydroxylamine groups is 2. The molecule has 0 N–H and O–H groups in total. The van der Waals surface area contributed by atoms with E-state index in [9.17, 15) is 9.59 Å². The minimum atomic E-state index is -0.687. The van der Waals surface area contributed by atoms with Gasteiger partial charge in [-0.3, -0.25) is 19.3 Å². The number of piperidine rings is 1. The summed E-state index contributed by atoms with van der Waals surface area (Å²) < 4.78 is 5.09. The average molecular weight is 492 g/mol. The molecule has 0 saturated carbocycles. The standard InChI is InChI=1S/C27H29N3O4S/c1-33-26(32)22-16-25(31)30(34-18-20-8-4-2-5-9-20)27(22)12-14-29(15-13-27)17-24-28-23(19-35-24)21-10-6-3-7-11-21/h2-11,19,22H,12-18H2,1H3. The fourth-order valence-electron chi connectivity index (χ4n) is 5.16. The average Bonchev–Trinajstić information content (AvgIpc) is 3.47. The van der Waals surface area contributed by atoms with E-state index >= 15 is 0 Å². The third kappa shape index (κ3) is 4.87. The van der Waals surface area contributed by atoms with Crippen LogP contribution in [-0.2, 0) is 32.3 Å². The second-order valence-electron chi connectivity index (χ2n) is 9.10. The Bertz CT molecular complexity index is 1160. The van der Waals surface area contributed by atoms with E-state index in [1.165, 1.54) is 12.2 Å². The highest BCUT2D eigenvalue weighted by molar-refractivity contribution is 7.09. The fraction of sp³-hybridized carbons (Fsp3) is 0.370. The number of amides is 1. The van der Waals surface area contributed by atoms with Gasteiger partial charge in [0.15, 0.2) is 0 Å². The zero-order valence-electron chi connectivity index (χ0n) is 19.8. The summed E-state index contributed by atoms with van der Waals surface area (Å²) in [7, 11) is 1.38. The van der Waals surface area contributed by atoms with Crippen molar-refractivity contribution in [3.05, 3.63) is 76.6 Å². The van der Waals surface area contributed by atoms with Crippen molar-refractivity contribution in [1.29, 1.82) is 0 Å². The first-order valence-corrected chi connectivity index (χ1v) is 12.8. The molecule has 0 bridgehead atoms. The number of carbonyl (C=O) groups is 2. The highest BCUT2D eigenvalue weighted by atomic mass is 32.1. The van der Waals surface area contributed by atoms with E-state index in [0.717, 1.165) is 41.5 Å². The number of esters is 1. The van der Waals surface area contributed by atoms with E-state index in [0.29, 0.717) is 12.8 Å². The number of nitrogens with zero attached hydrogens (tertiary/aromatic N) is 3. The van der Waals surface area contributed by atoms with Crippen molar-refractivity contribution in [3.8, 4) is 11.3 Å². The summed E-state index contributed by atoms with van der Waals surface area (Å²) in [5.74, 6) is -1.02. The molecule has 1 unspecified atom stereocenters. The second kappa shape index (κ2) is 10.3. The molecule has 0 radical (unpaired) electrons. The third-order valence-electron chi connectivity index (χ3n) is 7.05. The first kappa shape index (κ1) is 23.7. The van der Waals surface area contributed by atoms with Crippen LogP contribution in [0.2, 0.25) is 0 Å². The van der Waals surface area contributed by atoms with E-state index in [2.05, 4.69) is 22.4 Å². The van der Waals surface area contributed by atoms with E-state index in [1.807, 2.05) is 48.5 Å². The van der Waals surface area contributed by atoms with Gasteiger partial charge in [-0.25, -0.2) is 10.0 Å². The minimum Gasteiger partial charge on any atom is -0.469 e. The molecule has 3 aromatic rings. The lowest BCUT2D eigenvalue weighted by Crippen LogP contribution is -2.57. The lowest BCUT2D eigenvalue weighted by Gasteiger charge is -2.45. The van der Waals surface area contributed by atoms with Gasteiger partial charge in [-0.1, -0.05) is 60.7 Å². The predicted octanol–water partition coefficient (Wildman–Crippen LogP) is 4.30. The Kier molecular flexibility index (Phi) is 6.95. The van der Waals surface area contributed by atoms with Gasteiger partial charge in [-0.05, 0) is 18.4 Å². The van der Waals surface area contributed by atoms with Crippen LogP contribution in [0.15, 0.2) is 66.0 Å². The number of hydrogen-bond donors (Lipinski definition) is 0. The molecule has 1 atom stereocenters. The second-order valence-corrected chi connectivity index (χ2v) is 10.0. The van der Waals surface area contributed by atoms with Crippen molar-refractivity contribution < 1.29 is 19.2 Å². The Balaban J connectivity index is 1.28. The number of carbonyl (C=O) groups excluding carboxylic acids is 2. The number of benzene rings is 2. The predicted molar refractivity (Wildman–Crippen MR) is 133 cm³/mol. The van der Waals surface area contributed by atoms with Gasteiger partial charge in [0.1, 0.15) is 11.6 Å². The van der Waals surface area contributed by atoms with Gasteiger partial charge in [-0.2, -0.15) is 0 Å². The highest BCUT2D eigenvalue weighted by Gasteiger charge is 2.58. The van der Waals surface area contributed by atoms with Crippen LogP contribution in [0.5, 0.6) is 0 Å². The van der Waals surface area contributed by atoms with Crippen molar-refractivity contribution in [3.63, 3.8) is 0 Å². The van der Waals surface area contributed by atoms with Crippen LogP contribution in [0.4, 0.5) is 0 Å². The lowest BCUT2D eigenvalue weighted by atomic mass is 9.77. The molecule has 3 heterocycles. The van der Waals surface area contributed by atoms with Crippen molar-refractivity contribution >= 4 is 23.2 Å². The summed E-state index contributed by atoms with van der Waals surface area (Å²) in [6.07, 6.45) is 1.41. The van der Waals surface area contributed by atoms with Crippen molar-refractivity contribution in [2.24, 2.45) is 5.92 Å². The van der Waals surface area contributed by atoms with E-state index in [-0.39, 0.29) is 24.9 Å². The molecule has 1 spiro atoms. The van der Waals surface area contributed by atoms with Crippen LogP contribution in [0.3, 0.4) is 0 Å². The monoisotopic (exact) mass is 491 g/mol. The normalized spacial score (nSPS) is 19.9. The first-order valence-electron chi connectivity index (χ1n) is 11.9. The number of aromatic nitrogens is 1. The van der Waals surface area contributed by atoms with Crippen LogP contribution in [0, 0.1) is 5.92 Å². The third-order valence-corrected chi connectivity index (χ3v) is 7.88. The number of rotatable bonds is 7. The van der Waals surface area contributed by atoms with Gasteiger partial charge in [0.05, 0.1) is 30.8 Å². The maximum atomic E-state index is 13.0.